The number of likely N-dealkylation sites (N-methyl/N-ethyl adjacent to an activating group) is 1. The van der Waals surface area contributed by atoms with Gasteiger partial charge in [0.1, 0.15) is 0 Å². The van der Waals surface area contributed by atoms with Crippen LogP contribution in [0.3, 0.4) is 0 Å². The molecule has 0 aromatic carbocycles. The van der Waals surface area contributed by atoms with Gasteiger partial charge in [-0.2, -0.15) is 0 Å². The molecule has 15 heavy (non-hydrogen) atoms. The van der Waals surface area contributed by atoms with Gasteiger partial charge in [-0.1, -0.05) is 12.2 Å². The Morgan fingerprint density at radius 3 is 2.20 bits per heavy atom. The summed E-state index contributed by atoms with van der Waals surface area (Å²) in [5, 5.41) is 0. The highest BCUT2D eigenvalue weighted by Gasteiger charge is 2.22. The quantitative estimate of drug-likeness (QED) is 0.648. The Hall–Kier alpha value is -1.09. The van der Waals surface area contributed by atoms with Gasteiger partial charge in [0.15, 0.2) is 0 Å². The number of nitrogens with two attached hydrogens (primary N) is 1. The van der Waals surface area contributed by atoms with Crippen LogP contribution in [0.1, 0.15) is 19.8 Å². The Kier molecular flexibility index (Phi) is 6.71. The average molecular weight is 210 g/mol. The topological polar surface area (TPSA) is 46.3 Å². The molecular weight excluding hydrogens is 188 g/mol. The highest BCUT2D eigenvalue weighted by molar-refractivity contribution is 5.79. The first-order valence-electron chi connectivity index (χ1n) is 5.27. The largest absolute Gasteiger partial charge is 0.342 e. The Bertz CT molecular complexity index is 216. The minimum atomic E-state index is -0.0426. The summed E-state index contributed by atoms with van der Waals surface area (Å²) in [4.78, 5) is 13.7. The SMILES string of the molecule is C=CCC(CC=C)C(=O)N(C)C(C)CN. The zero-order valence-corrected chi connectivity index (χ0v) is 9.78. The zero-order valence-electron chi connectivity index (χ0n) is 9.78. The van der Waals surface area contributed by atoms with E-state index in [2.05, 4.69) is 13.2 Å². The standard InChI is InChI=1S/C12H22N2O/c1-5-7-11(8-6-2)12(15)14(4)10(3)9-13/h5-6,10-11H,1-2,7-9,13H2,3-4H3. The number of hydrogen-bond donors (Lipinski definition) is 1. The normalized spacial score (nSPS) is 12.3. The molecule has 2 N–H and O–H groups in total. The van der Waals surface area contributed by atoms with E-state index in [0.717, 1.165) is 0 Å². The predicted molar refractivity (Wildman–Crippen MR) is 64.4 cm³/mol. The minimum Gasteiger partial charge on any atom is -0.342 e. The van der Waals surface area contributed by atoms with Crippen molar-refractivity contribution in [2.45, 2.75) is 25.8 Å². The van der Waals surface area contributed by atoms with Crippen LogP contribution in [0.25, 0.3) is 0 Å². The molecule has 1 atom stereocenters. The molecule has 0 aliphatic carbocycles. The second kappa shape index (κ2) is 7.23. The Morgan fingerprint density at radius 2 is 1.87 bits per heavy atom. The molecule has 0 spiro atoms. The summed E-state index contributed by atoms with van der Waals surface area (Å²) in [6.07, 6.45) is 4.92. The molecule has 86 valence electrons. The maximum Gasteiger partial charge on any atom is 0.226 e. The summed E-state index contributed by atoms with van der Waals surface area (Å²) in [6.45, 7) is 9.74. The van der Waals surface area contributed by atoms with Gasteiger partial charge in [-0.3, -0.25) is 4.79 Å². The number of carbonyl (C=O) groups is 1. The third-order valence-electron chi connectivity index (χ3n) is 2.60. The third-order valence-corrected chi connectivity index (χ3v) is 2.60. The van der Waals surface area contributed by atoms with Crippen molar-refractivity contribution in [3.63, 3.8) is 0 Å². The molecule has 0 aliphatic heterocycles. The highest BCUT2D eigenvalue weighted by Crippen LogP contribution is 2.14. The van der Waals surface area contributed by atoms with E-state index in [0.29, 0.717) is 19.4 Å². The van der Waals surface area contributed by atoms with Gasteiger partial charge in [0.2, 0.25) is 5.91 Å². The molecule has 0 saturated heterocycles. The molecule has 0 aromatic heterocycles. The maximum atomic E-state index is 12.0. The predicted octanol–water partition coefficient (Wildman–Crippen LogP) is 1.56. The van der Waals surface area contributed by atoms with Crippen molar-refractivity contribution >= 4 is 5.91 Å². The first kappa shape index (κ1) is 13.9. The minimum absolute atomic E-state index is 0.0426. The number of allylic oxidation sites excluding steroid dienone is 2. The summed E-state index contributed by atoms with van der Waals surface area (Å²) in [6, 6.07) is 0.0784. The van der Waals surface area contributed by atoms with E-state index in [1.54, 1.807) is 24.1 Å². The molecule has 0 fully saturated rings. The lowest BCUT2D eigenvalue weighted by Gasteiger charge is -2.27. The second-order valence-corrected chi connectivity index (χ2v) is 3.78. The summed E-state index contributed by atoms with van der Waals surface area (Å²) >= 11 is 0. The van der Waals surface area contributed by atoms with Gasteiger partial charge >= 0.3 is 0 Å². The van der Waals surface area contributed by atoms with E-state index in [9.17, 15) is 4.79 Å². The van der Waals surface area contributed by atoms with Gasteiger partial charge in [-0.25, -0.2) is 0 Å². The summed E-state index contributed by atoms with van der Waals surface area (Å²) in [5.41, 5.74) is 5.52. The number of rotatable bonds is 7. The van der Waals surface area contributed by atoms with Crippen molar-refractivity contribution in [2.75, 3.05) is 13.6 Å². The van der Waals surface area contributed by atoms with E-state index >= 15 is 0 Å². The summed E-state index contributed by atoms with van der Waals surface area (Å²) in [5.74, 6) is 0.0757. The molecule has 0 bridgehead atoms. The van der Waals surface area contributed by atoms with Crippen molar-refractivity contribution in [1.29, 1.82) is 0 Å². The number of amides is 1. The van der Waals surface area contributed by atoms with Gasteiger partial charge in [-0.05, 0) is 19.8 Å². The van der Waals surface area contributed by atoms with Crippen LogP contribution in [0.2, 0.25) is 0 Å². The molecule has 0 rings (SSSR count). The third kappa shape index (κ3) is 4.30. The molecule has 3 heteroatoms. The average Bonchev–Trinajstić information content (AvgIpc) is 2.25. The fourth-order valence-corrected chi connectivity index (χ4v) is 1.36. The van der Waals surface area contributed by atoms with Crippen LogP contribution in [0.15, 0.2) is 25.3 Å². The molecule has 0 aliphatic rings. The fraction of sp³-hybridized carbons (Fsp3) is 0.583. The Balaban J connectivity index is 4.46. The maximum absolute atomic E-state index is 12.0. The van der Waals surface area contributed by atoms with E-state index in [4.69, 9.17) is 5.73 Å². The number of hydrogen-bond acceptors (Lipinski definition) is 2. The molecule has 0 saturated carbocycles. The lowest BCUT2D eigenvalue weighted by atomic mass is 9.99. The van der Waals surface area contributed by atoms with Crippen molar-refractivity contribution in [3.8, 4) is 0 Å². The van der Waals surface area contributed by atoms with Crippen molar-refractivity contribution in [3.05, 3.63) is 25.3 Å². The molecule has 1 amide bonds. The molecule has 1 unspecified atom stereocenters. The Morgan fingerprint density at radius 1 is 1.40 bits per heavy atom. The van der Waals surface area contributed by atoms with Crippen LogP contribution in [0, 0.1) is 5.92 Å². The van der Waals surface area contributed by atoms with Crippen LogP contribution in [0.5, 0.6) is 0 Å². The first-order valence-corrected chi connectivity index (χ1v) is 5.27. The van der Waals surface area contributed by atoms with Gasteiger partial charge < -0.3 is 10.6 Å². The van der Waals surface area contributed by atoms with E-state index < -0.39 is 0 Å². The lowest BCUT2D eigenvalue weighted by molar-refractivity contribution is -0.135. The van der Waals surface area contributed by atoms with Crippen molar-refractivity contribution in [1.82, 2.24) is 4.90 Å². The number of nitrogens with zero attached hydrogens (tertiary/aromatic N) is 1. The second-order valence-electron chi connectivity index (χ2n) is 3.78. The van der Waals surface area contributed by atoms with Gasteiger partial charge in [0.25, 0.3) is 0 Å². The first-order chi connectivity index (χ1) is 7.08. The van der Waals surface area contributed by atoms with Gasteiger partial charge in [-0.15, -0.1) is 13.2 Å². The van der Waals surface area contributed by atoms with Crippen LogP contribution < -0.4 is 5.73 Å². The zero-order chi connectivity index (χ0) is 11.8. The summed E-state index contributed by atoms with van der Waals surface area (Å²) < 4.78 is 0. The molecule has 3 nitrogen and oxygen atoms in total. The van der Waals surface area contributed by atoms with Crippen molar-refractivity contribution in [2.24, 2.45) is 11.7 Å². The van der Waals surface area contributed by atoms with E-state index in [1.165, 1.54) is 0 Å². The van der Waals surface area contributed by atoms with Crippen LogP contribution in [-0.2, 0) is 4.79 Å². The van der Waals surface area contributed by atoms with Crippen LogP contribution >= 0.6 is 0 Å². The van der Waals surface area contributed by atoms with E-state index in [-0.39, 0.29) is 17.9 Å². The highest BCUT2D eigenvalue weighted by atomic mass is 16.2. The molecular formula is C12H22N2O. The lowest BCUT2D eigenvalue weighted by Crippen LogP contribution is -2.42. The Labute approximate surface area is 92.6 Å². The monoisotopic (exact) mass is 210 g/mol. The molecule has 0 heterocycles. The van der Waals surface area contributed by atoms with Crippen LogP contribution in [0.4, 0.5) is 0 Å². The summed E-state index contributed by atoms with van der Waals surface area (Å²) in [7, 11) is 1.79. The van der Waals surface area contributed by atoms with E-state index in [1.807, 2.05) is 6.92 Å². The molecule has 0 aromatic rings. The molecule has 0 radical (unpaired) electrons. The van der Waals surface area contributed by atoms with Gasteiger partial charge in [0.05, 0.1) is 0 Å². The van der Waals surface area contributed by atoms with Crippen molar-refractivity contribution < 1.29 is 4.79 Å². The smallest absolute Gasteiger partial charge is 0.226 e. The number of carbonyl (C=O) groups excluding carboxylic acids is 1. The van der Waals surface area contributed by atoms with Crippen LogP contribution in [-0.4, -0.2) is 30.4 Å². The fourth-order valence-electron chi connectivity index (χ4n) is 1.36. The van der Waals surface area contributed by atoms with Gasteiger partial charge in [0, 0.05) is 25.6 Å².